The molecule has 36 heavy (non-hydrogen) atoms. The van der Waals surface area contributed by atoms with Gasteiger partial charge in [-0.15, -0.1) is 0 Å². The highest BCUT2D eigenvalue weighted by Gasteiger charge is 2.59. The van der Waals surface area contributed by atoms with Gasteiger partial charge in [-0.05, 0) is 61.2 Å². The number of hydrogen-bond donors (Lipinski definition) is 2. The van der Waals surface area contributed by atoms with Crippen LogP contribution in [-0.4, -0.2) is 29.6 Å². The van der Waals surface area contributed by atoms with Gasteiger partial charge in [-0.2, -0.15) is 24.9 Å². The van der Waals surface area contributed by atoms with Crippen LogP contribution < -0.4 is 10.8 Å². The van der Waals surface area contributed by atoms with Crippen molar-refractivity contribution in [1.29, 1.82) is 0 Å². The van der Waals surface area contributed by atoms with Crippen LogP contribution in [0.5, 0.6) is 0 Å². The zero-order valence-corrected chi connectivity index (χ0v) is 21.9. The molecule has 0 spiro atoms. The Labute approximate surface area is 221 Å². The van der Waals surface area contributed by atoms with E-state index in [0.29, 0.717) is 21.9 Å². The maximum atomic E-state index is 14.4. The maximum Gasteiger partial charge on any atom is 0.428 e. The normalized spacial score (nSPS) is 18.2. The maximum absolute atomic E-state index is 14.4. The molecule has 3 aromatic carbocycles. The predicted octanol–water partition coefficient (Wildman–Crippen LogP) is 7.35. The molecule has 0 aliphatic carbocycles. The Balaban J connectivity index is 1.82. The van der Waals surface area contributed by atoms with E-state index in [0.717, 1.165) is 11.8 Å². The van der Waals surface area contributed by atoms with Crippen molar-refractivity contribution in [3.05, 3.63) is 87.4 Å². The van der Waals surface area contributed by atoms with Crippen LogP contribution in [0, 0.1) is 0 Å². The largest absolute Gasteiger partial charge is 0.428 e. The van der Waals surface area contributed by atoms with Crippen molar-refractivity contribution in [2.75, 3.05) is 12.0 Å². The monoisotopic (exact) mass is 554 g/mol. The summed E-state index contributed by atoms with van der Waals surface area (Å²) in [5.74, 6) is 0.454. The predicted molar refractivity (Wildman–Crippen MR) is 140 cm³/mol. The Morgan fingerprint density at radius 3 is 2.31 bits per heavy atom. The van der Waals surface area contributed by atoms with Gasteiger partial charge in [0.2, 0.25) is 5.60 Å². The second-order valence-electron chi connectivity index (χ2n) is 9.13. The van der Waals surface area contributed by atoms with Crippen LogP contribution in [-0.2, 0) is 10.4 Å². The fourth-order valence-corrected chi connectivity index (χ4v) is 5.57. The number of thioether (sulfide) groups is 1. The molecule has 1 atom stereocenters. The SMILES string of the molecule is CSCC(C)(C)NC(=O)c1ccc(C2=CC(c3cc(Cl)cc(Cl)c3)(C(F)(F)F)ON2)c2ccccc12. The third-order valence-corrected chi connectivity index (χ3v) is 7.24. The first-order valence-electron chi connectivity index (χ1n) is 10.9. The van der Waals surface area contributed by atoms with Crippen LogP contribution in [0.15, 0.2) is 60.7 Å². The molecule has 0 saturated carbocycles. The summed E-state index contributed by atoms with van der Waals surface area (Å²) in [6.45, 7) is 3.86. The lowest BCUT2D eigenvalue weighted by atomic mass is 9.90. The molecule has 190 valence electrons. The molecule has 1 heterocycles. The van der Waals surface area contributed by atoms with Gasteiger partial charge in [-0.1, -0.05) is 53.5 Å². The summed E-state index contributed by atoms with van der Waals surface area (Å²) in [4.78, 5) is 18.3. The molecule has 0 saturated heterocycles. The second-order valence-corrected chi connectivity index (χ2v) is 10.9. The Morgan fingerprint density at radius 1 is 1.06 bits per heavy atom. The molecular formula is C26H23Cl2F3N2O2S. The second kappa shape index (κ2) is 9.82. The van der Waals surface area contributed by atoms with Crippen LogP contribution in [0.4, 0.5) is 13.2 Å². The quantitative estimate of drug-likeness (QED) is 0.334. The smallest absolute Gasteiger partial charge is 0.346 e. The lowest BCUT2D eigenvalue weighted by molar-refractivity contribution is -0.269. The number of halogens is 5. The van der Waals surface area contributed by atoms with Crippen LogP contribution >= 0.6 is 35.0 Å². The van der Waals surface area contributed by atoms with Gasteiger partial charge in [-0.25, -0.2) is 0 Å². The summed E-state index contributed by atoms with van der Waals surface area (Å²) < 4.78 is 43.2. The van der Waals surface area contributed by atoms with Crippen LogP contribution in [0.2, 0.25) is 10.0 Å². The molecule has 2 N–H and O–H groups in total. The molecule has 4 nitrogen and oxygen atoms in total. The molecule has 4 rings (SSSR count). The van der Waals surface area contributed by atoms with Gasteiger partial charge in [0.25, 0.3) is 5.91 Å². The Bertz CT molecular complexity index is 1340. The highest BCUT2D eigenvalue weighted by atomic mass is 35.5. The van der Waals surface area contributed by atoms with E-state index >= 15 is 0 Å². The number of carbonyl (C=O) groups excluding carboxylic acids is 1. The summed E-state index contributed by atoms with van der Waals surface area (Å²) in [6, 6.07) is 14.0. The summed E-state index contributed by atoms with van der Waals surface area (Å²) in [7, 11) is 0. The van der Waals surface area contributed by atoms with Gasteiger partial charge < -0.3 is 5.32 Å². The number of alkyl halides is 3. The minimum Gasteiger partial charge on any atom is -0.346 e. The van der Waals surface area contributed by atoms with Gasteiger partial charge >= 0.3 is 6.18 Å². The number of hydroxylamine groups is 1. The summed E-state index contributed by atoms with van der Waals surface area (Å²) >= 11 is 13.6. The molecule has 1 amide bonds. The molecule has 0 aromatic heterocycles. The zero-order chi connectivity index (χ0) is 26.3. The number of benzene rings is 3. The van der Waals surface area contributed by atoms with E-state index < -0.39 is 17.3 Å². The third-order valence-electron chi connectivity index (χ3n) is 5.80. The van der Waals surface area contributed by atoms with Crippen LogP contribution in [0.1, 0.15) is 35.3 Å². The Morgan fingerprint density at radius 2 is 1.69 bits per heavy atom. The molecule has 1 aliphatic rings. The van der Waals surface area contributed by atoms with Crippen molar-refractivity contribution in [3.8, 4) is 0 Å². The Kier molecular flexibility index (Phi) is 7.27. The number of nitrogens with one attached hydrogen (secondary N) is 2. The van der Waals surface area contributed by atoms with Crippen molar-refractivity contribution in [3.63, 3.8) is 0 Å². The number of hydrogen-bond acceptors (Lipinski definition) is 4. The van der Waals surface area contributed by atoms with Crippen molar-refractivity contribution in [2.24, 2.45) is 0 Å². The number of rotatable bonds is 6. The first-order valence-corrected chi connectivity index (χ1v) is 13.1. The summed E-state index contributed by atoms with van der Waals surface area (Å²) in [5.41, 5.74) is -0.0751. The lowest BCUT2D eigenvalue weighted by Crippen LogP contribution is -2.45. The van der Waals surface area contributed by atoms with Crippen molar-refractivity contribution < 1.29 is 22.8 Å². The van der Waals surface area contributed by atoms with E-state index in [1.165, 1.54) is 18.2 Å². The van der Waals surface area contributed by atoms with Crippen molar-refractivity contribution in [2.45, 2.75) is 31.2 Å². The highest BCUT2D eigenvalue weighted by molar-refractivity contribution is 7.98. The van der Waals surface area contributed by atoms with Gasteiger partial charge in [0, 0.05) is 38.0 Å². The van der Waals surface area contributed by atoms with E-state index in [4.69, 9.17) is 28.0 Å². The van der Waals surface area contributed by atoms with Gasteiger partial charge in [0.1, 0.15) is 0 Å². The molecule has 0 fully saturated rings. The average Bonchev–Trinajstić information content (AvgIpc) is 3.24. The van der Waals surface area contributed by atoms with Crippen LogP contribution in [0.25, 0.3) is 16.5 Å². The third kappa shape index (κ3) is 5.05. The minimum absolute atomic E-state index is 0.0526. The van der Waals surface area contributed by atoms with E-state index in [1.807, 2.05) is 20.1 Å². The number of amides is 1. The molecule has 3 aromatic rings. The topological polar surface area (TPSA) is 50.4 Å². The standard InChI is InChI=1S/C26H23Cl2F3N2O2S/c1-24(2,14-36-3)32-23(34)21-9-8-20(18-6-4-5-7-19(18)21)22-13-25(35-33-22,26(29,30)31)15-10-16(27)12-17(28)11-15/h4-13,33H,14H2,1-3H3,(H,32,34). The lowest BCUT2D eigenvalue weighted by Gasteiger charge is -2.28. The average molecular weight is 555 g/mol. The Hall–Kier alpha value is -2.39. The molecule has 1 unspecified atom stereocenters. The van der Waals surface area contributed by atoms with Crippen molar-refractivity contribution >= 4 is 57.3 Å². The number of fused-ring (bicyclic) bond motifs is 1. The van der Waals surface area contributed by atoms with E-state index in [-0.39, 0.29) is 27.2 Å². The molecular weight excluding hydrogens is 532 g/mol. The first kappa shape index (κ1) is 26.7. The molecule has 0 bridgehead atoms. The summed E-state index contributed by atoms with van der Waals surface area (Å²) in [5, 5.41) is 4.33. The van der Waals surface area contributed by atoms with Crippen molar-refractivity contribution in [1.82, 2.24) is 10.8 Å². The minimum atomic E-state index is -4.83. The van der Waals surface area contributed by atoms with Crippen LogP contribution in [0.3, 0.4) is 0 Å². The fourth-order valence-electron chi connectivity index (χ4n) is 4.25. The fraction of sp³-hybridized carbons (Fsp3) is 0.269. The number of carbonyl (C=O) groups is 1. The van der Waals surface area contributed by atoms with E-state index in [9.17, 15) is 18.0 Å². The molecule has 0 radical (unpaired) electrons. The summed E-state index contributed by atoms with van der Waals surface area (Å²) in [6.07, 6.45) is -1.90. The van der Waals surface area contributed by atoms with Gasteiger partial charge in [-0.3, -0.25) is 15.1 Å². The first-order chi connectivity index (χ1) is 16.9. The van der Waals surface area contributed by atoms with Gasteiger partial charge in [0.05, 0.1) is 5.70 Å². The molecule has 10 heteroatoms. The van der Waals surface area contributed by atoms with E-state index in [1.54, 1.807) is 48.2 Å². The van der Waals surface area contributed by atoms with Gasteiger partial charge in [0.15, 0.2) is 0 Å². The zero-order valence-electron chi connectivity index (χ0n) is 19.6. The molecule has 1 aliphatic heterocycles. The highest BCUT2D eigenvalue weighted by Crippen LogP contribution is 2.48. The van der Waals surface area contributed by atoms with E-state index in [2.05, 4.69) is 10.8 Å².